The number of oxazole rings is 1. The van der Waals surface area contributed by atoms with Gasteiger partial charge in [0.15, 0.2) is 16.7 Å². The fourth-order valence-electron chi connectivity index (χ4n) is 3.63. The van der Waals surface area contributed by atoms with Gasteiger partial charge in [0, 0.05) is 30.6 Å². The Morgan fingerprint density at radius 1 is 1.19 bits per heavy atom. The maximum absolute atomic E-state index is 12.6. The Morgan fingerprint density at radius 2 is 2.00 bits per heavy atom. The van der Waals surface area contributed by atoms with E-state index >= 15 is 0 Å². The van der Waals surface area contributed by atoms with Crippen LogP contribution in [0, 0.1) is 6.92 Å². The molecule has 2 amide bonds. The number of rotatable bonds is 7. The van der Waals surface area contributed by atoms with E-state index in [1.165, 1.54) is 17.8 Å². The molecule has 0 bridgehead atoms. The molecule has 168 valence electrons. The molecule has 0 radical (unpaired) electrons. The van der Waals surface area contributed by atoms with Crippen molar-refractivity contribution < 1.29 is 19.1 Å². The van der Waals surface area contributed by atoms with Gasteiger partial charge in [-0.25, -0.2) is 19.6 Å². The summed E-state index contributed by atoms with van der Waals surface area (Å²) in [6.07, 6.45) is 7.41. The average molecular weight is 456 g/mol. The Morgan fingerprint density at radius 3 is 2.75 bits per heavy atom. The monoisotopic (exact) mass is 455 g/mol. The van der Waals surface area contributed by atoms with Crippen LogP contribution in [-0.4, -0.2) is 40.2 Å². The molecule has 3 aromatic rings. The van der Waals surface area contributed by atoms with Crippen LogP contribution in [0.1, 0.15) is 46.1 Å². The van der Waals surface area contributed by atoms with Crippen molar-refractivity contribution in [1.29, 1.82) is 0 Å². The molecule has 1 aliphatic heterocycles. The van der Waals surface area contributed by atoms with Gasteiger partial charge >= 0.3 is 12.0 Å². The number of aryl methyl sites for hydroxylation is 3. The molecule has 0 unspecified atom stereocenters. The number of carbonyl (C=O) groups excluding carboxylic acids is 1. The Kier molecular flexibility index (Phi) is 6.69. The summed E-state index contributed by atoms with van der Waals surface area (Å²) in [4.78, 5) is 34.9. The zero-order chi connectivity index (χ0) is 22.5. The number of carboxylic acids is 1. The van der Waals surface area contributed by atoms with Crippen molar-refractivity contribution in [3.8, 4) is 0 Å². The lowest BCUT2D eigenvalue weighted by Gasteiger charge is -2.30. The zero-order valence-electron chi connectivity index (χ0n) is 17.8. The van der Waals surface area contributed by atoms with Gasteiger partial charge in [-0.05, 0) is 50.3 Å². The first kappa shape index (κ1) is 21.8. The number of carboxylic acid groups (broad SMARTS) is 1. The van der Waals surface area contributed by atoms with Crippen molar-refractivity contribution in [1.82, 2.24) is 9.97 Å². The first-order valence-electron chi connectivity index (χ1n) is 10.5. The van der Waals surface area contributed by atoms with Crippen LogP contribution in [0.4, 0.5) is 21.3 Å². The predicted molar refractivity (Wildman–Crippen MR) is 123 cm³/mol. The average Bonchev–Trinajstić information content (AvgIpc) is 3.44. The number of aromatic nitrogens is 2. The molecule has 4 rings (SSSR count). The molecule has 1 fully saturated rings. The second kappa shape index (κ2) is 9.82. The number of benzene rings is 1. The third-order valence-electron chi connectivity index (χ3n) is 5.23. The Balaban J connectivity index is 1.35. The van der Waals surface area contributed by atoms with Gasteiger partial charge in [-0.1, -0.05) is 6.07 Å². The Bertz CT molecular complexity index is 1100. The molecule has 1 saturated heterocycles. The molecule has 0 aliphatic carbocycles. The highest BCUT2D eigenvalue weighted by atomic mass is 32.1. The molecule has 3 heterocycles. The quantitative estimate of drug-likeness (QED) is 0.478. The highest BCUT2D eigenvalue weighted by Crippen LogP contribution is 2.30. The largest absolute Gasteiger partial charge is 0.476 e. The van der Waals surface area contributed by atoms with Crippen molar-refractivity contribution in [2.24, 2.45) is 0 Å². The van der Waals surface area contributed by atoms with Gasteiger partial charge in [-0.15, -0.1) is 11.3 Å². The van der Waals surface area contributed by atoms with E-state index in [9.17, 15) is 9.59 Å². The Hall–Kier alpha value is -3.40. The number of nitrogens with one attached hydrogen (secondary N) is 2. The summed E-state index contributed by atoms with van der Waals surface area (Å²) in [5.74, 6) is -0.764. The van der Waals surface area contributed by atoms with Crippen LogP contribution in [0.3, 0.4) is 0 Å². The van der Waals surface area contributed by atoms with Crippen LogP contribution in [0.2, 0.25) is 0 Å². The number of anilines is 3. The summed E-state index contributed by atoms with van der Waals surface area (Å²) in [6, 6.07) is 5.70. The molecule has 32 heavy (non-hydrogen) atoms. The van der Waals surface area contributed by atoms with E-state index in [1.807, 2.05) is 12.1 Å². The van der Waals surface area contributed by atoms with Gasteiger partial charge in [0.05, 0.1) is 11.4 Å². The normalized spacial score (nSPS) is 13.7. The van der Waals surface area contributed by atoms with Crippen molar-refractivity contribution in [3.05, 3.63) is 52.7 Å². The molecule has 2 aromatic heterocycles. The van der Waals surface area contributed by atoms with Gasteiger partial charge in [0.1, 0.15) is 6.26 Å². The van der Waals surface area contributed by atoms with Crippen LogP contribution < -0.4 is 15.5 Å². The van der Waals surface area contributed by atoms with E-state index in [1.54, 1.807) is 6.20 Å². The molecule has 10 heteroatoms. The molecular weight excluding hydrogens is 430 g/mol. The fraction of sp³-hybridized carbons (Fsp3) is 0.364. The smallest absolute Gasteiger partial charge is 0.357 e. The standard InChI is InChI=1S/C22H25N5O4S/c1-14-5-7-16(18(11-14)27-9-3-2-4-10-27)25-21(30)26-22-23-12-15(32-22)6-8-19-24-17(13-31-19)20(28)29/h5,7,11-13H,2-4,6,8-10H2,1H3,(H,28,29)(H2,23,25,26,30). The van der Waals surface area contributed by atoms with E-state index in [-0.39, 0.29) is 11.7 Å². The van der Waals surface area contributed by atoms with Crippen molar-refractivity contribution in [2.75, 3.05) is 28.6 Å². The first-order valence-corrected chi connectivity index (χ1v) is 11.4. The van der Waals surface area contributed by atoms with Crippen molar-refractivity contribution >= 4 is 39.8 Å². The number of hydrogen-bond donors (Lipinski definition) is 3. The second-order valence-corrected chi connectivity index (χ2v) is 8.83. The third-order valence-corrected chi connectivity index (χ3v) is 6.20. The lowest BCUT2D eigenvalue weighted by Crippen LogP contribution is -2.31. The molecule has 1 aliphatic rings. The minimum Gasteiger partial charge on any atom is -0.476 e. The van der Waals surface area contributed by atoms with Crippen molar-refractivity contribution in [3.63, 3.8) is 0 Å². The number of carbonyl (C=O) groups is 2. The summed E-state index contributed by atoms with van der Waals surface area (Å²) in [5, 5.41) is 15.1. The van der Waals surface area contributed by atoms with E-state index in [0.29, 0.717) is 23.9 Å². The minimum absolute atomic E-state index is 0.108. The lowest BCUT2D eigenvalue weighted by atomic mass is 10.1. The summed E-state index contributed by atoms with van der Waals surface area (Å²) in [5.41, 5.74) is 2.88. The molecular formula is C22H25N5O4S. The second-order valence-electron chi connectivity index (χ2n) is 7.71. The number of nitrogens with zero attached hydrogens (tertiary/aromatic N) is 3. The summed E-state index contributed by atoms with van der Waals surface area (Å²) < 4.78 is 5.16. The lowest BCUT2D eigenvalue weighted by molar-refractivity contribution is 0.0690. The highest BCUT2D eigenvalue weighted by Gasteiger charge is 2.17. The fourth-order valence-corrected chi connectivity index (χ4v) is 4.44. The maximum Gasteiger partial charge on any atom is 0.357 e. The van der Waals surface area contributed by atoms with E-state index in [2.05, 4.69) is 38.5 Å². The van der Waals surface area contributed by atoms with Crippen LogP contribution in [0.25, 0.3) is 0 Å². The highest BCUT2D eigenvalue weighted by molar-refractivity contribution is 7.15. The van der Waals surface area contributed by atoms with Crippen LogP contribution in [-0.2, 0) is 12.8 Å². The number of aromatic carboxylic acids is 1. The molecule has 1 aromatic carbocycles. The third kappa shape index (κ3) is 5.44. The van der Waals surface area contributed by atoms with Crippen LogP contribution in [0.15, 0.2) is 35.1 Å². The van der Waals surface area contributed by atoms with Crippen LogP contribution >= 0.6 is 11.3 Å². The molecule has 3 N–H and O–H groups in total. The molecule has 0 atom stereocenters. The summed E-state index contributed by atoms with van der Waals surface area (Å²) in [7, 11) is 0. The Labute approximate surface area is 189 Å². The van der Waals surface area contributed by atoms with Gasteiger partial charge in [-0.2, -0.15) is 0 Å². The first-order chi connectivity index (χ1) is 15.5. The molecule has 0 spiro atoms. The van der Waals surface area contributed by atoms with Crippen molar-refractivity contribution in [2.45, 2.75) is 39.0 Å². The minimum atomic E-state index is -1.12. The van der Waals surface area contributed by atoms with Crippen LogP contribution in [0.5, 0.6) is 0 Å². The SMILES string of the molecule is Cc1ccc(NC(=O)Nc2ncc(CCc3nc(C(=O)O)co3)s2)c(N2CCCCC2)c1. The topological polar surface area (TPSA) is 121 Å². The van der Waals surface area contributed by atoms with Gasteiger partial charge in [-0.3, -0.25) is 5.32 Å². The number of hydrogen-bond acceptors (Lipinski definition) is 7. The van der Waals surface area contributed by atoms with Gasteiger partial charge < -0.3 is 19.7 Å². The van der Waals surface area contributed by atoms with E-state index in [0.717, 1.165) is 54.0 Å². The summed E-state index contributed by atoms with van der Waals surface area (Å²) in [6.45, 7) is 4.04. The van der Waals surface area contributed by atoms with Gasteiger partial charge in [0.2, 0.25) is 0 Å². The summed E-state index contributed by atoms with van der Waals surface area (Å²) >= 11 is 1.36. The van der Waals surface area contributed by atoms with E-state index < -0.39 is 5.97 Å². The predicted octanol–water partition coefficient (Wildman–Crippen LogP) is 4.56. The number of urea groups is 1. The van der Waals surface area contributed by atoms with Gasteiger partial charge in [0.25, 0.3) is 0 Å². The number of piperidine rings is 1. The molecule has 9 nitrogen and oxygen atoms in total. The zero-order valence-corrected chi connectivity index (χ0v) is 18.6. The molecule has 0 saturated carbocycles. The number of thiazole rings is 1. The maximum atomic E-state index is 12.6. The number of amides is 2. The van der Waals surface area contributed by atoms with E-state index in [4.69, 9.17) is 9.52 Å².